The molecule has 0 aromatic carbocycles. The predicted octanol–water partition coefficient (Wildman–Crippen LogP) is 1.57. The monoisotopic (exact) mass is 112 g/mol. The Hall–Kier alpha value is -0.0400. The van der Waals surface area contributed by atoms with Crippen LogP contribution in [0.5, 0.6) is 0 Å². The molecule has 0 radical (unpaired) electrons. The Morgan fingerprint density at radius 3 is 2.75 bits per heavy atom. The summed E-state index contributed by atoms with van der Waals surface area (Å²) in [5.41, 5.74) is 0. The maximum atomic E-state index is 5.46. The molecule has 46 valence electrons. The van der Waals surface area contributed by atoms with Crippen LogP contribution in [0.1, 0.15) is 26.2 Å². The highest BCUT2D eigenvalue weighted by Crippen LogP contribution is 2.40. The van der Waals surface area contributed by atoms with E-state index in [1.54, 1.807) is 0 Å². The van der Waals surface area contributed by atoms with Crippen LogP contribution in [0.4, 0.5) is 0 Å². The molecule has 1 aliphatic carbocycles. The number of ether oxygens (including phenoxy) is 1. The molecular formula is C7H12O. The molecule has 0 N–H and O–H groups in total. The van der Waals surface area contributed by atoms with Gasteiger partial charge in [-0.15, -0.1) is 0 Å². The van der Waals surface area contributed by atoms with Gasteiger partial charge in [-0.2, -0.15) is 0 Å². The van der Waals surface area contributed by atoms with E-state index in [4.69, 9.17) is 4.74 Å². The van der Waals surface area contributed by atoms with Gasteiger partial charge in [-0.1, -0.05) is 6.42 Å². The van der Waals surface area contributed by atoms with Crippen molar-refractivity contribution in [2.24, 2.45) is 5.92 Å². The van der Waals surface area contributed by atoms with E-state index >= 15 is 0 Å². The Balaban J connectivity index is 2.02. The predicted molar refractivity (Wildman–Crippen MR) is 31.7 cm³/mol. The third-order valence-electron chi connectivity index (χ3n) is 2.50. The zero-order valence-corrected chi connectivity index (χ0v) is 5.26. The quantitative estimate of drug-likeness (QED) is 0.462. The van der Waals surface area contributed by atoms with Crippen molar-refractivity contribution in [3.8, 4) is 0 Å². The molecule has 1 nitrogen and oxygen atoms in total. The third kappa shape index (κ3) is 0.455. The first-order chi connectivity index (χ1) is 3.88. The molecule has 3 atom stereocenters. The summed E-state index contributed by atoms with van der Waals surface area (Å²) in [5, 5.41) is 0. The summed E-state index contributed by atoms with van der Waals surface area (Å²) < 4.78 is 5.46. The van der Waals surface area contributed by atoms with Gasteiger partial charge in [-0.05, 0) is 19.8 Å². The Kier molecular flexibility index (Phi) is 0.884. The second-order valence-electron chi connectivity index (χ2n) is 2.97. The molecule has 1 saturated heterocycles. The fraction of sp³-hybridized carbons (Fsp3) is 1.00. The molecule has 0 aromatic rings. The molecule has 0 spiro atoms. The van der Waals surface area contributed by atoms with Crippen molar-refractivity contribution in [2.45, 2.75) is 38.4 Å². The van der Waals surface area contributed by atoms with Gasteiger partial charge >= 0.3 is 0 Å². The molecule has 8 heavy (non-hydrogen) atoms. The minimum absolute atomic E-state index is 0.586. The molecule has 1 aliphatic heterocycles. The lowest BCUT2D eigenvalue weighted by Gasteiger charge is -2.38. The van der Waals surface area contributed by atoms with Crippen molar-refractivity contribution in [3.63, 3.8) is 0 Å². The van der Waals surface area contributed by atoms with Crippen LogP contribution in [-0.4, -0.2) is 12.2 Å². The van der Waals surface area contributed by atoms with Crippen LogP contribution in [0.15, 0.2) is 0 Å². The smallest absolute Gasteiger partial charge is 0.0631 e. The zero-order valence-electron chi connectivity index (χ0n) is 5.26. The lowest BCUT2D eigenvalue weighted by molar-refractivity contribution is -0.156. The first-order valence-electron chi connectivity index (χ1n) is 3.53. The van der Waals surface area contributed by atoms with E-state index in [2.05, 4.69) is 6.92 Å². The van der Waals surface area contributed by atoms with Gasteiger partial charge in [0.05, 0.1) is 12.2 Å². The summed E-state index contributed by atoms with van der Waals surface area (Å²) in [7, 11) is 0. The van der Waals surface area contributed by atoms with Gasteiger partial charge < -0.3 is 4.74 Å². The molecule has 1 saturated carbocycles. The van der Waals surface area contributed by atoms with Crippen LogP contribution in [0.3, 0.4) is 0 Å². The van der Waals surface area contributed by atoms with Gasteiger partial charge in [-0.25, -0.2) is 0 Å². The van der Waals surface area contributed by atoms with E-state index < -0.39 is 0 Å². The summed E-state index contributed by atoms with van der Waals surface area (Å²) >= 11 is 0. The summed E-state index contributed by atoms with van der Waals surface area (Å²) in [4.78, 5) is 0. The summed E-state index contributed by atoms with van der Waals surface area (Å²) in [6, 6.07) is 0. The van der Waals surface area contributed by atoms with Crippen LogP contribution >= 0.6 is 0 Å². The Labute approximate surface area is 50.0 Å². The molecule has 2 rings (SSSR count). The minimum Gasteiger partial charge on any atom is -0.374 e. The van der Waals surface area contributed by atoms with E-state index in [0.29, 0.717) is 12.2 Å². The topological polar surface area (TPSA) is 9.23 Å². The summed E-state index contributed by atoms with van der Waals surface area (Å²) in [5.74, 6) is 0.940. The van der Waals surface area contributed by atoms with Crippen LogP contribution in [0.25, 0.3) is 0 Å². The van der Waals surface area contributed by atoms with E-state index in [1.807, 2.05) is 0 Å². The van der Waals surface area contributed by atoms with Crippen molar-refractivity contribution in [1.29, 1.82) is 0 Å². The average Bonchev–Trinajstić information content (AvgIpc) is 2.09. The number of hydrogen-bond donors (Lipinski definition) is 0. The van der Waals surface area contributed by atoms with Gasteiger partial charge in [0.1, 0.15) is 0 Å². The normalized spacial score (nSPS) is 52.9. The molecule has 0 aromatic heterocycles. The second-order valence-corrected chi connectivity index (χ2v) is 2.97. The molecule has 0 bridgehead atoms. The molecule has 2 unspecified atom stereocenters. The Bertz CT molecular complexity index is 101. The zero-order chi connectivity index (χ0) is 5.56. The average molecular weight is 112 g/mol. The summed E-state index contributed by atoms with van der Waals surface area (Å²) in [6.45, 7) is 2.19. The molecule has 2 aliphatic rings. The first-order valence-corrected chi connectivity index (χ1v) is 3.53. The van der Waals surface area contributed by atoms with Crippen LogP contribution in [0.2, 0.25) is 0 Å². The van der Waals surface area contributed by atoms with Crippen LogP contribution < -0.4 is 0 Å². The molecule has 2 fully saturated rings. The van der Waals surface area contributed by atoms with E-state index in [1.165, 1.54) is 19.3 Å². The Morgan fingerprint density at radius 2 is 2.25 bits per heavy atom. The van der Waals surface area contributed by atoms with Crippen molar-refractivity contribution >= 4 is 0 Å². The standard InChI is InChI=1S/C7H12O/c1-5-6-3-2-4-7(6)8-5/h5-7H,2-4H2,1H3/t5-,6?,7?/m0/s1. The largest absolute Gasteiger partial charge is 0.374 e. The number of fused-ring (bicyclic) bond motifs is 1. The van der Waals surface area contributed by atoms with E-state index in [9.17, 15) is 0 Å². The first kappa shape index (κ1) is 4.80. The van der Waals surface area contributed by atoms with Crippen LogP contribution in [0, 0.1) is 5.92 Å². The second kappa shape index (κ2) is 1.47. The highest BCUT2D eigenvalue weighted by Gasteiger charge is 2.42. The van der Waals surface area contributed by atoms with E-state index in [0.717, 1.165) is 5.92 Å². The lowest BCUT2D eigenvalue weighted by atomic mass is 9.94. The summed E-state index contributed by atoms with van der Waals surface area (Å²) in [6.07, 6.45) is 5.41. The van der Waals surface area contributed by atoms with Crippen molar-refractivity contribution in [3.05, 3.63) is 0 Å². The maximum absolute atomic E-state index is 5.46. The lowest BCUT2D eigenvalue weighted by Crippen LogP contribution is -2.42. The molecule has 1 heteroatoms. The van der Waals surface area contributed by atoms with Crippen LogP contribution in [-0.2, 0) is 4.74 Å². The van der Waals surface area contributed by atoms with Gasteiger partial charge in [0.25, 0.3) is 0 Å². The van der Waals surface area contributed by atoms with Crippen molar-refractivity contribution < 1.29 is 4.74 Å². The molecular weight excluding hydrogens is 100 g/mol. The number of hydrogen-bond acceptors (Lipinski definition) is 1. The third-order valence-corrected chi connectivity index (χ3v) is 2.50. The van der Waals surface area contributed by atoms with Gasteiger partial charge in [0.15, 0.2) is 0 Å². The van der Waals surface area contributed by atoms with Gasteiger partial charge in [0.2, 0.25) is 0 Å². The fourth-order valence-corrected chi connectivity index (χ4v) is 1.95. The SMILES string of the molecule is C[C@@H]1OC2CCCC21. The van der Waals surface area contributed by atoms with Gasteiger partial charge in [-0.3, -0.25) is 0 Å². The minimum atomic E-state index is 0.586. The highest BCUT2D eigenvalue weighted by atomic mass is 16.5. The van der Waals surface area contributed by atoms with E-state index in [-0.39, 0.29) is 0 Å². The molecule has 1 heterocycles. The highest BCUT2D eigenvalue weighted by molar-refractivity contribution is 4.90. The Morgan fingerprint density at radius 1 is 1.38 bits per heavy atom. The maximum Gasteiger partial charge on any atom is 0.0631 e. The van der Waals surface area contributed by atoms with Crippen molar-refractivity contribution in [1.82, 2.24) is 0 Å². The van der Waals surface area contributed by atoms with Crippen molar-refractivity contribution in [2.75, 3.05) is 0 Å². The molecule has 0 amide bonds. The van der Waals surface area contributed by atoms with Gasteiger partial charge in [0, 0.05) is 5.92 Å². The fourth-order valence-electron chi connectivity index (χ4n) is 1.95. The number of rotatable bonds is 0.